The lowest BCUT2D eigenvalue weighted by molar-refractivity contribution is -0.137. The number of hydrogen-bond donors (Lipinski definition) is 0. The number of halogens is 3. The zero-order valence-electron chi connectivity index (χ0n) is 11.6. The standard InChI is InChI=1S/C16H13F3N2/c1-10-3-4-11(2)13(7-10)14-9-21-8-12(16(17,18)19)5-6-15(21)20-14/h3-9H,1-2H3. The van der Waals surface area contributed by atoms with Crippen LogP contribution in [-0.2, 0) is 6.18 Å². The minimum Gasteiger partial charge on any atom is -0.306 e. The van der Waals surface area contributed by atoms with E-state index in [9.17, 15) is 13.2 Å². The molecule has 2 nitrogen and oxygen atoms in total. The molecule has 0 unspecified atom stereocenters. The van der Waals surface area contributed by atoms with Gasteiger partial charge in [0.1, 0.15) is 5.65 Å². The van der Waals surface area contributed by atoms with Crippen LogP contribution in [0.4, 0.5) is 13.2 Å². The molecule has 0 aliphatic carbocycles. The first-order valence-electron chi connectivity index (χ1n) is 6.48. The summed E-state index contributed by atoms with van der Waals surface area (Å²) in [7, 11) is 0. The van der Waals surface area contributed by atoms with Gasteiger partial charge in [0.05, 0.1) is 11.3 Å². The van der Waals surface area contributed by atoms with E-state index >= 15 is 0 Å². The van der Waals surface area contributed by atoms with E-state index in [4.69, 9.17) is 0 Å². The molecule has 3 rings (SSSR count). The van der Waals surface area contributed by atoms with E-state index in [1.54, 1.807) is 6.20 Å². The number of hydrogen-bond acceptors (Lipinski definition) is 1. The highest BCUT2D eigenvalue weighted by Gasteiger charge is 2.30. The Morgan fingerprint density at radius 2 is 1.76 bits per heavy atom. The number of benzene rings is 1. The van der Waals surface area contributed by atoms with Gasteiger partial charge in [0.25, 0.3) is 0 Å². The number of alkyl halides is 3. The van der Waals surface area contributed by atoms with Gasteiger partial charge in [0.2, 0.25) is 0 Å². The Morgan fingerprint density at radius 1 is 1.00 bits per heavy atom. The van der Waals surface area contributed by atoms with Crippen molar-refractivity contribution < 1.29 is 13.2 Å². The van der Waals surface area contributed by atoms with E-state index in [0.717, 1.165) is 29.0 Å². The number of nitrogens with zero attached hydrogens (tertiary/aromatic N) is 2. The van der Waals surface area contributed by atoms with E-state index in [0.29, 0.717) is 11.3 Å². The molecule has 0 radical (unpaired) electrons. The number of fused-ring (bicyclic) bond motifs is 1. The molecule has 0 aliphatic heterocycles. The maximum absolute atomic E-state index is 12.7. The van der Waals surface area contributed by atoms with E-state index in [1.807, 2.05) is 32.0 Å². The molecule has 108 valence electrons. The summed E-state index contributed by atoms with van der Waals surface area (Å²) in [5.41, 5.74) is 3.56. The van der Waals surface area contributed by atoms with Crippen LogP contribution in [0.3, 0.4) is 0 Å². The van der Waals surface area contributed by atoms with Crippen molar-refractivity contribution in [1.82, 2.24) is 9.38 Å². The smallest absolute Gasteiger partial charge is 0.306 e. The van der Waals surface area contributed by atoms with Crippen LogP contribution in [-0.4, -0.2) is 9.38 Å². The van der Waals surface area contributed by atoms with Crippen molar-refractivity contribution in [3.8, 4) is 11.3 Å². The third kappa shape index (κ3) is 2.51. The molecule has 0 amide bonds. The number of aromatic nitrogens is 2. The molecular formula is C16H13F3N2. The minimum atomic E-state index is -4.35. The topological polar surface area (TPSA) is 17.3 Å². The number of imidazole rings is 1. The van der Waals surface area contributed by atoms with Gasteiger partial charge in [-0.2, -0.15) is 13.2 Å². The Kier molecular flexibility index (Phi) is 3.01. The predicted molar refractivity (Wildman–Crippen MR) is 75.1 cm³/mol. The van der Waals surface area contributed by atoms with Gasteiger partial charge in [-0.3, -0.25) is 0 Å². The number of pyridine rings is 1. The van der Waals surface area contributed by atoms with Gasteiger partial charge >= 0.3 is 6.18 Å². The van der Waals surface area contributed by atoms with Crippen molar-refractivity contribution >= 4 is 5.65 Å². The van der Waals surface area contributed by atoms with Crippen molar-refractivity contribution in [3.63, 3.8) is 0 Å². The number of rotatable bonds is 1. The maximum atomic E-state index is 12.7. The monoisotopic (exact) mass is 290 g/mol. The van der Waals surface area contributed by atoms with Gasteiger partial charge in [0.15, 0.2) is 0 Å². The van der Waals surface area contributed by atoms with Crippen LogP contribution >= 0.6 is 0 Å². The Bertz CT molecular complexity index is 816. The summed E-state index contributed by atoms with van der Waals surface area (Å²) in [5, 5.41) is 0. The molecule has 2 heterocycles. The second-order valence-corrected chi connectivity index (χ2v) is 5.13. The quantitative estimate of drug-likeness (QED) is 0.638. The highest BCUT2D eigenvalue weighted by Crippen LogP contribution is 2.30. The average Bonchev–Trinajstić information content (AvgIpc) is 2.83. The van der Waals surface area contributed by atoms with Gasteiger partial charge in [0, 0.05) is 18.0 Å². The lowest BCUT2D eigenvalue weighted by atomic mass is 10.0. The first-order chi connectivity index (χ1) is 9.84. The molecule has 0 aliphatic rings. The molecule has 0 fully saturated rings. The van der Waals surface area contributed by atoms with Gasteiger partial charge < -0.3 is 4.40 Å². The molecule has 0 N–H and O–H groups in total. The fraction of sp³-hybridized carbons (Fsp3) is 0.188. The van der Waals surface area contributed by atoms with Crippen molar-refractivity contribution in [2.75, 3.05) is 0 Å². The molecule has 0 bridgehead atoms. The number of aryl methyl sites for hydroxylation is 2. The molecule has 2 aromatic heterocycles. The summed E-state index contributed by atoms with van der Waals surface area (Å²) in [6, 6.07) is 8.40. The zero-order chi connectivity index (χ0) is 15.2. The van der Waals surface area contributed by atoms with Gasteiger partial charge in [-0.05, 0) is 37.6 Å². The Labute approximate surface area is 119 Å². The first-order valence-corrected chi connectivity index (χ1v) is 6.48. The van der Waals surface area contributed by atoms with Crippen LogP contribution < -0.4 is 0 Å². The summed E-state index contributed by atoms with van der Waals surface area (Å²) in [5.74, 6) is 0. The van der Waals surface area contributed by atoms with Gasteiger partial charge in [-0.25, -0.2) is 4.98 Å². The fourth-order valence-corrected chi connectivity index (χ4v) is 2.30. The molecule has 0 saturated heterocycles. The molecule has 0 spiro atoms. The molecule has 21 heavy (non-hydrogen) atoms. The second kappa shape index (κ2) is 4.62. The fourth-order valence-electron chi connectivity index (χ4n) is 2.30. The highest BCUT2D eigenvalue weighted by atomic mass is 19.4. The van der Waals surface area contributed by atoms with Crippen LogP contribution in [0.5, 0.6) is 0 Å². The van der Waals surface area contributed by atoms with Crippen molar-refractivity contribution in [1.29, 1.82) is 0 Å². The minimum absolute atomic E-state index is 0.499. The van der Waals surface area contributed by atoms with E-state index < -0.39 is 11.7 Å². The Hall–Kier alpha value is -2.30. The largest absolute Gasteiger partial charge is 0.417 e. The second-order valence-electron chi connectivity index (χ2n) is 5.13. The predicted octanol–water partition coefficient (Wildman–Crippen LogP) is 4.64. The zero-order valence-corrected chi connectivity index (χ0v) is 11.6. The summed E-state index contributed by atoms with van der Waals surface area (Å²) < 4.78 is 39.6. The van der Waals surface area contributed by atoms with E-state index in [2.05, 4.69) is 4.98 Å². The maximum Gasteiger partial charge on any atom is 0.417 e. The molecule has 0 saturated carbocycles. The third-order valence-electron chi connectivity index (χ3n) is 3.45. The Balaban J connectivity index is 2.15. The lowest BCUT2D eigenvalue weighted by Crippen LogP contribution is -2.05. The summed E-state index contributed by atoms with van der Waals surface area (Å²) in [6.07, 6.45) is -1.65. The van der Waals surface area contributed by atoms with Crippen LogP contribution in [0.25, 0.3) is 16.9 Å². The lowest BCUT2D eigenvalue weighted by Gasteiger charge is -2.05. The normalized spacial score (nSPS) is 12.0. The van der Waals surface area contributed by atoms with Gasteiger partial charge in [-0.1, -0.05) is 17.7 Å². The SMILES string of the molecule is Cc1ccc(C)c(-c2cn3cc(C(F)(F)F)ccc3n2)c1. The third-order valence-corrected chi connectivity index (χ3v) is 3.45. The van der Waals surface area contributed by atoms with Crippen molar-refractivity contribution in [3.05, 3.63) is 59.4 Å². The summed E-state index contributed by atoms with van der Waals surface area (Å²) in [6.45, 7) is 3.93. The van der Waals surface area contributed by atoms with E-state index in [-0.39, 0.29) is 0 Å². The molecule has 3 aromatic rings. The molecule has 0 atom stereocenters. The van der Waals surface area contributed by atoms with Gasteiger partial charge in [-0.15, -0.1) is 0 Å². The van der Waals surface area contributed by atoms with Crippen LogP contribution in [0.2, 0.25) is 0 Å². The summed E-state index contributed by atoms with van der Waals surface area (Å²) in [4.78, 5) is 4.40. The summed E-state index contributed by atoms with van der Waals surface area (Å²) >= 11 is 0. The van der Waals surface area contributed by atoms with E-state index in [1.165, 1.54) is 10.5 Å². The molecule has 1 aromatic carbocycles. The average molecular weight is 290 g/mol. The highest BCUT2D eigenvalue weighted by molar-refractivity contribution is 5.67. The van der Waals surface area contributed by atoms with Crippen LogP contribution in [0.1, 0.15) is 16.7 Å². The first kappa shape index (κ1) is 13.7. The molecular weight excluding hydrogens is 277 g/mol. The van der Waals surface area contributed by atoms with Crippen LogP contribution in [0.15, 0.2) is 42.7 Å². The van der Waals surface area contributed by atoms with Crippen molar-refractivity contribution in [2.45, 2.75) is 20.0 Å². The molecule has 5 heteroatoms. The van der Waals surface area contributed by atoms with Crippen LogP contribution in [0, 0.1) is 13.8 Å². The van der Waals surface area contributed by atoms with Crippen molar-refractivity contribution in [2.24, 2.45) is 0 Å². The Morgan fingerprint density at radius 3 is 2.48 bits per heavy atom.